The molecule has 0 fully saturated rings. The van der Waals surface area contributed by atoms with Crippen LogP contribution in [0.15, 0.2) is 42.6 Å². The number of benzene rings is 1. The second-order valence-corrected chi connectivity index (χ2v) is 7.16. The Labute approximate surface area is 166 Å². The highest BCUT2D eigenvalue weighted by atomic mass is 16.5. The van der Waals surface area contributed by atoms with Crippen molar-refractivity contribution in [3.8, 4) is 5.75 Å². The standard InChI is InChI=1S/C22H28N4O2/c1-6-18-21(26-12-11-15(2)13-20(26)24-18)22(27)23-14-19(25(3)4)16-7-9-17(28-5)10-8-16/h7-13,19H,6,14H2,1-5H3,(H,23,27). The van der Waals surface area contributed by atoms with Crippen LogP contribution in [0, 0.1) is 6.92 Å². The molecule has 0 saturated heterocycles. The van der Waals surface area contributed by atoms with Gasteiger partial charge in [-0.2, -0.15) is 0 Å². The molecule has 0 aliphatic rings. The molecule has 0 aliphatic carbocycles. The maximum atomic E-state index is 13.0. The summed E-state index contributed by atoms with van der Waals surface area (Å²) in [6.07, 6.45) is 2.62. The summed E-state index contributed by atoms with van der Waals surface area (Å²) in [6.45, 7) is 4.54. The van der Waals surface area contributed by atoms with Gasteiger partial charge in [-0.1, -0.05) is 19.1 Å². The van der Waals surface area contributed by atoms with Gasteiger partial charge in [-0.3, -0.25) is 9.20 Å². The van der Waals surface area contributed by atoms with Gasteiger partial charge >= 0.3 is 0 Å². The molecule has 0 saturated carbocycles. The zero-order valence-electron chi connectivity index (χ0n) is 17.2. The van der Waals surface area contributed by atoms with Crippen LogP contribution in [0.1, 0.15) is 40.3 Å². The highest BCUT2D eigenvalue weighted by Crippen LogP contribution is 2.21. The Balaban J connectivity index is 1.82. The van der Waals surface area contributed by atoms with Crippen molar-refractivity contribution in [2.24, 2.45) is 0 Å². The number of hydrogen-bond donors (Lipinski definition) is 1. The van der Waals surface area contributed by atoms with Crippen LogP contribution in [0.5, 0.6) is 5.75 Å². The summed E-state index contributed by atoms with van der Waals surface area (Å²) in [5.74, 6) is 0.715. The molecule has 148 valence electrons. The first kappa shape index (κ1) is 19.9. The number of aryl methyl sites for hydroxylation is 2. The predicted octanol–water partition coefficient (Wildman–Crippen LogP) is 3.25. The van der Waals surface area contributed by atoms with Crippen LogP contribution in [0.2, 0.25) is 0 Å². The predicted molar refractivity (Wildman–Crippen MR) is 111 cm³/mol. The Kier molecular flexibility index (Phi) is 5.99. The van der Waals surface area contributed by atoms with Crippen LogP contribution in [-0.4, -0.2) is 47.9 Å². The second-order valence-electron chi connectivity index (χ2n) is 7.16. The number of rotatable bonds is 7. The summed E-state index contributed by atoms with van der Waals surface area (Å²) in [5.41, 5.74) is 4.48. The largest absolute Gasteiger partial charge is 0.497 e. The third-order valence-electron chi connectivity index (χ3n) is 4.98. The van der Waals surface area contributed by atoms with E-state index in [1.807, 2.05) is 74.9 Å². The van der Waals surface area contributed by atoms with Crippen LogP contribution in [0.3, 0.4) is 0 Å². The zero-order valence-corrected chi connectivity index (χ0v) is 17.2. The molecule has 6 heteroatoms. The van der Waals surface area contributed by atoms with Crippen molar-refractivity contribution in [2.45, 2.75) is 26.3 Å². The number of imidazole rings is 1. The molecule has 0 spiro atoms. The molecule has 3 rings (SSSR count). The first-order chi connectivity index (χ1) is 13.4. The van der Waals surface area contributed by atoms with E-state index in [0.29, 0.717) is 18.7 Å². The number of nitrogens with one attached hydrogen (secondary N) is 1. The minimum atomic E-state index is -0.103. The maximum absolute atomic E-state index is 13.0. The molecule has 0 radical (unpaired) electrons. The Morgan fingerprint density at radius 1 is 1.25 bits per heavy atom. The van der Waals surface area contributed by atoms with Gasteiger partial charge in [-0.25, -0.2) is 4.98 Å². The van der Waals surface area contributed by atoms with E-state index in [-0.39, 0.29) is 11.9 Å². The van der Waals surface area contributed by atoms with Crippen LogP contribution in [0.4, 0.5) is 0 Å². The van der Waals surface area contributed by atoms with Crippen molar-refractivity contribution in [2.75, 3.05) is 27.7 Å². The van der Waals surface area contributed by atoms with E-state index in [9.17, 15) is 4.79 Å². The zero-order chi connectivity index (χ0) is 20.3. The number of amides is 1. The van der Waals surface area contributed by atoms with E-state index in [1.54, 1.807) is 7.11 Å². The van der Waals surface area contributed by atoms with Crippen LogP contribution in [0.25, 0.3) is 5.65 Å². The van der Waals surface area contributed by atoms with Crippen molar-refractivity contribution in [1.82, 2.24) is 19.6 Å². The number of nitrogens with zero attached hydrogens (tertiary/aromatic N) is 3. The highest BCUT2D eigenvalue weighted by molar-refractivity contribution is 5.94. The molecule has 28 heavy (non-hydrogen) atoms. The second kappa shape index (κ2) is 8.44. The number of methoxy groups -OCH3 is 1. The number of fused-ring (bicyclic) bond motifs is 1. The summed E-state index contributed by atoms with van der Waals surface area (Å²) >= 11 is 0. The van der Waals surface area contributed by atoms with E-state index in [1.165, 1.54) is 0 Å². The first-order valence-corrected chi connectivity index (χ1v) is 9.50. The van der Waals surface area contributed by atoms with Crippen molar-refractivity contribution in [3.63, 3.8) is 0 Å². The normalized spacial score (nSPS) is 12.4. The third-order valence-corrected chi connectivity index (χ3v) is 4.98. The fraction of sp³-hybridized carbons (Fsp3) is 0.364. The lowest BCUT2D eigenvalue weighted by atomic mass is 10.1. The quantitative estimate of drug-likeness (QED) is 0.684. The maximum Gasteiger partial charge on any atom is 0.270 e. The minimum absolute atomic E-state index is 0.0568. The summed E-state index contributed by atoms with van der Waals surface area (Å²) < 4.78 is 7.11. The fourth-order valence-corrected chi connectivity index (χ4v) is 3.38. The highest BCUT2D eigenvalue weighted by Gasteiger charge is 2.21. The molecule has 1 N–H and O–H groups in total. The van der Waals surface area contributed by atoms with E-state index < -0.39 is 0 Å². The molecular weight excluding hydrogens is 352 g/mol. The van der Waals surface area contributed by atoms with Gasteiger partial charge < -0.3 is 15.0 Å². The lowest BCUT2D eigenvalue weighted by molar-refractivity contribution is 0.0935. The van der Waals surface area contributed by atoms with Crippen molar-refractivity contribution < 1.29 is 9.53 Å². The Morgan fingerprint density at radius 2 is 1.96 bits per heavy atom. The first-order valence-electron chi connectivity index (χ1n) is 9.50. The molecule has 2 aromatic heterocycles. The lowest BCUT2D eigenvalue weighted by Crippen LogP contribution is -2.35. The number of hydrogen-bond acceptors (Lipinski definition) is 4. The summed E-state index contributed by atoms with van der Waals surface area (Å²) in [7, 11) is 5.67. The SMILES string of the molecule is CCc1nc2cc(C)ccn2c1C(=O)NCC(c1ccc(OC)cc1)N(C)C. The fourth-order valence-electron chi connectivity index (χ4n) is 3.38. The monoisotopic (exact) mass is 380 g/mol. The van der Waals surface area contributed by atoms with Gasteiger partial charge in [0.05, 0.1) is 18.8 Å². The van der Waals surface area contributed by atoms with Crippen LogP contribution < -0.4 is 10.1 Å². The van der Waals surface area contributed by atoms with Gasteiger partial charge in [-0.05, 0) is 62.8 Å². The summed E-state index contributed by atoms with van der Waals surface area (Å²) in [6, 6.07) is 12.0. The number of carbonyl (C=O) groups is 1. The molecule has 1 amide bonds. The third kappa shape index (κ3) is 4.02. The molecule has 0 bridgehead atoms. The van der Waals surface area contributed by atoms with Crippen LogP contribution >= 0.6 is 0 Å². The lowest BCUT2D eigenvalue weighted by Gasteiger charge is -2.25. The average Bonchev–Trinajstić information content (AvgIpc) is 3.05. The number of pyridine rings is 1. The molecule has 6 nitrogen and oxygen atoms in total. The van der Waals surface area contributed by atoms with Gasteiger partial charge in [0.2, 0.25) is 0 Å². The summed E-state index contributed by atoms with van der Waals surface area (Å²) in [5, 5.41) is 3.10. The van der Waals surface area contributed by atoms with E-state index in [4.69, 9.17) is 4.74 Å². The Hall–Kier alpha value is -2.86. The molecular formula is C22H28N4O2. The van der Waals surface area contributed by atoms with Crippen LogP contribution in [-0.2, 0) is 6.42 Å². The minimum Gasteiger partial charge on any atom is -0.497 e. The van der Waals surface area contributed by atoms with Crippen molar-refractivity contribution >= 4 is 11.6 Å². The van der Waals surface area contributed by atoms with E-state index >= 15 is 0 Å². The van der Waals surface area contributed by atoms with E-state index in [0.717, 1.165) is 28.2 Å². The number of likely N-dealkylation sites (N-methyl/N-ethyl adjacent to an activating group) is 1. The Bertz CT molecular complexity index is 961. The smallest absolute Gasteiger partial charge is 0.270 e. The van der Waals surface area contributed by atoms with Gasteiger partial charge in [0.15, 0.2) is 0 Å². The van der Waals surface area contributed by atoms with Gasteiger partial charge in [0, 0.05) is 12.7 Å². The molecule has 2 heterocycles. The topological polar surface area (TPSA) is 58.9 Å². The van der Waals surface area contributed by atoms with Crippen molar-refractivity contribution in [3.05, 3.63) is 65.1 Å². The number of aromatic nitrogens is 2. The number of carbonyl (C=O) groups excluding carboxylic acids is 1. The average molecular weight is 380 g/mol. The Morgan fingerprint density at radius 3 is 2.57 bits per heavy atom. The molecule has 1 aromatic carbocycles. The molecule has 1 atom stereocenters. The van der Waals surface area contributed by atoms with E-state index in [2.05, 4.69) is 15.2 Å². The van der Waals surface area contributed by atoms with Gasteiger partial charge in [0.25, 0.3) is 5.91 Å². The van der Waals surface area contributed by atoms with Gasteiger partial charge in [-0.15, -0.1) is 0 Å². The molecule has 3 aromatic rings. The molecule has 0 aliphatic heterocycles. The van der Waals surface area contributed by atoms with Gasteiger partial charge in [0.1, 0.15) is 17.1 Å². The summed E-state index contributed by atoms with van der Waals surface area (Å²) in [4.78, 5) is 19.8. The number of ether oxygens (including phenoxy) is 1. The van der Waals surface area contributed by atoms with Crippen molar-refractivity contribution in [1.29, 1.82) is 0 Å². The molecule has 1 unspecified atom stereocenters.